The van der Waals surface area contributed by atoms with E-state index in [2.05, 4.69) is 57.2 Å². The molecule has 2 N–H and O–H groups in total. The van der Waals surface area contributed by atoms with Crippen LogP contribution in [0.5, 0.6) is 0 Å². The lowest BCUT2D eigenvalue weighted by atomic mass is 10.4. The van der Waals surface area contributed by atoms with E-state index in [1.165, 1.54) is 4.90 Å². The number of hydrogen-bond acceptors (Lipinski definition) is 5. The second-order valence-corrected chi connectivity index (χ2v) is 7.91. The molecule has 0 saturated carbocycles. The lowest BCUT2D eigenvalue weighted by Gasteiger charge is -2.15. The van der Waals surface area contributed by atoms with Crippen molar-refractivity contribution in [1.82, 2.24) is 15.6 Å². The van der Waals surface area contributed by atoms with Gasteiger partial charge in [-0.05, 0) is 12.1 Å². The topological polar surface area (TPSA) is 52.6 Å². The zero-order valence-corrected chi connectivity index (χ0v) is 19.0. The standard InChI is InChI=1S/C17H25N5S2.HI/c1-13(24-15-8-6-5-7-9-15)10-19-16(18-2)20-11-14-12-23-17(21-14)22(3)4;/h5-9,12-13H,10-11H2,1-4H3,(H2,18,19,20);1H. The molecular formula is C17H26IN5S2. The summed E-state index contributed by atoms with van der Waals surface area (Å²) in [5, 5.41) is 10.2. The van der Waals surface area contributed by atoms with Crippen LogP contribution in [0, 0.1) is 0 Å². The maximum Gasteiger partial charge on any atom is 0.191 e. The number of aliphatic imine (C=N–C) groups is 1. The van der Waals surface area contributed by atoms with Gasteiger partial charge in [0.05, 0.1) is 12.2 Å². The Morgan fingerprint density at radius 2 is 2.00 bits per heavy atom. The molecule has 1 aromatic heterocycles. The molecule has 1 unspecified atom stereocenters. The van der Waals surface area contributed by atoms with Crippen LogP contribution in [-0.2, 0) is 6.54 Å². The molecule has 0 aliphatic rings. The van der Waals surface area contributed by atoms with Gasteiger partial charge in [-0.2, -0.15) is 0 Å². The third-order valence-corrected chi connectivity index (χ3v) is 5.39. The average Bonchev–Trinajstić information content (AvgIpc) is 3.05. The van der Waals surface area contributed by atoms with Crippen LogP contribution >= 0.6 is 47.1 Å². The van der Waals surface area contributed by atoms with Gasteiger partial charge >= 0.3 is 0 Å². The number of aromatic nitrogens is 1. The van der Waals surface area contributed by atoms with Crippen molar-refractivity contribution in [2.45, 2.75) is 23.6 Å². The normalized spacial score (nSPS) is 12.2. The summed E-state index contributed by atoms with van der Waals surface area (Å²) < 4.78 is 0. The molecule has 1 aromatic carbocycles. The molecule has 0 bridgehead atoms. The van der Waals surface area contributed by atoms with Crippen LogP contribution in [0.4, 0.5) is 5.13 Å². The molecule has 2 rings (SSSR count). The van der Waals surface area contributed by atoms with Crippen molar-refractivity contribution in [1.29, 1.82) is 0 Å². The predicted molar refractivity (Wildman–Crippen MR) is 122 cm³/mol. The molecule has 0 spiro atoms. The van der Waals surface area contributed by atoms with E-state index in [9.17, 15) is 0 Å². The van der Waals surface area contributed by atoms with Gasteiger partial charge in [-0.15, -0.1) is 47.1 Å². The highest BCUT2D eigenvalue weighted by atomic mass is 127. The largest absolute Gasteiger partial charge is 0.355 e. The molecule has 0 aliphatic heterocycles. The van der Waals surface area contributed by atoms with Crippen molar-refractivity contribution in [2.75, 3.05) is 32.6 Å². The number of halogens is 1. The summed E-state index contributed by atoms with van der Waals surface area (Å²) in [7, 11) is 5.79. The summed E-state index contributed by atoms with van der Waals surface area (Å²) in [5.41, 5.74) is 1.03. The van der Waals surface area contributed by atoms with E-state index in [0.717, 1.165) is 23.3 Å². The van der Waals surface area contributed by atoms with Crippen molar-refractivity contribution >= 4 is 58.2 Å². The number of anilines is 1. The maximum atomic E-state index is 4.56. The molecule has 5 nitrogen and oxygen atoms in total. The van der Waals surface area contributed by atoms with Crippen molar-refractivity contribution < 1.29 is 0 Å². The SMILES string of the molecule is CN=C(NCc1csc(N(C)C)n1)NCC(C)Sc1ccccc1.I. The second-order valence-electron chi connectivity index (χ2n) is 5.56. The number of guanidine groups is 1. The molecule has 0 aliphatic carbocycles. The lowest BCUT2D eigenvalue weighted by Crippen LogP contribution is -2.39. The van der Waals surface area contributed by atoms with E-state index in [0.29, 0.717) is 11.8 Å². The van der Waals surface area contributed by atoms with Gasteiger partial charge in [-0.1, -0.05) is 25.1 Å². The van der Waals surface area contributed by atoms with E-state index < -0.39 is 0 Å². The minimum Gasteiger partial charge on any atom is -0.355 e. The molecule has 1 heterocycles. The fourth-order valence-corrected chi connectivity index (χ4v) is 3.70. The summed E-state index contributed by atoms with van der Waals surface area (Å²) >= 11 is 3.50. The molecule has 0 fully saturated rings. The lowest BCUT2D eigenvalue weighted by molar-refractivity contribution is 0.782. The first kappa shape index (κ1) is 22.0. The average molecular weight is 491 g/mol. The Kier molecular flexibility index (Phi) is 10.2. The van der Waals surface area contributed by atoms with Gasteiger partial charge < -0.3 is 15.5 Å². The monoisotopic (exact) mass is 491 g/mol. The van der Waals surface area contributed by atoms with Gasteiger partial charge in [0.2, 0.25) is 0 Å². The fraction of sp³-hybridized carbons (Fsp3) is 0.412. The number of thioether (sulfide) groups is 1. The number of rotatable bonds is 7. The van der Waals surface area contributed by atoms with Crippen molar-refractivity contribution in [2.24, 2.45) is 4.99 Å². The zero-order valence-electron chi connectivity index (χ0n) is 15.0. The van der Waals surface area contributed by atoms with Gasteiger partial charge in [0.15, 0.2) is 11.1 Å². The molecule has 1 atom stereocenters. The van der Waals surface area contributed by atoms with E-state index in [-0.39, 0.29) is 24.0 Å². The first-order chi connectivity index (χ1) is 11.6. The molecule has 138 valence electrons. The Balaban J connectivity index is 0.00000312. The highest BCUT2D eigenvalue weighted by Crippen LogP contribution is 2.22. The summed E-state index contributed by atoms with van der Waals surface area (Å²) in [6.07, 6.45) is 0. The molecule has 0 radical (unpaired) electrons. The summed E-state index contributed by atoms with van der Waals surface area (Å²) in [5.74, 6) is 0.801. The highest BCUT2D eigenvalue weighted by molar-refractivity contribution is 14.0. The summed E-state index contributed by atoms with van der Waals surface area (Å²) in [4.78, 5) is 12.1. The Bertz CT molecular complexity index is 645. The van der Waals surface area contributed by atoms with E-state index in [1.54, 1.807) is 18.4 Å². The van der Waals surface area contributed by atoms with Crippen molar-refractivity contribution in [3.05, 3.63) is 41.4 Å². The fourth-order valence-electron chi connectivity index (χ4n) is 1.99. The minimum atomic E-state index is 0. The first-order valence-corrected chi connectivity index (χ1v) is 9.62. The Hall–Kier alpha value is -1.000. The molecule has 8 heteroatoms. The van der Waals surface area contributed by atoms with E-state index >= 15 is 0 Å². The van der Waals surface area contributed by atoms with Crippen LogP contribution in [-0.4, -0.2) is 43.9 Å². The van der Waals surface area contributed by atoms with Gasteiger partial charge in [0, 0.05) is 43.2 Å². The van der Waals surface area contributed by atoms with Crippen molar-refractivity contribution in [3.8, 4) is 0 Å². The highest BCUT2D eigenvalue weighted by Gasteiger charge is 2.07. The summed E-state index contributed by atoms with van der Waals surface area (Å²) in [6, 6.07) is 10.5. The summed E-state index contributed by atoms with van der Waals surface area (Å²) in [6.45, 7) is 3.73. The number of thiazole rings is 1. The Morgan fingerprint density at radius 3 is 2.60 bits per heavy atom. The maximum absolute atomic E-state index is 4.56. The predicted octanol–water partition coefficient (Wildman–Crippen LogP) is 3.67. The molecular weight excluding hydrogens is 465 g/mol. The number of benzene rings is 1. The van der Waals surface area contributed by atoms with Crippen LogP contribution in [0.3, 0.4) is 0 Å². The van der Waals surface area contributed by atoms with Crippen LogP contribution in [0.25, 0.3) is 0 Å². The van der Waals surface area contributed by atoms with Gasteiger partial charge in [0.1, 0.15) is 0 Å². The van der Waals surface area contributed by atoms with Crippen LogP contribution in [0.1, 0.15) is 12.6 Å². The van der Waals surface area contributed by atoms with Crippen LogP contribution < -0.4 is 15.5 Å². The minimum absolute atomic E-state index is 0. The Morgan fingerprint density at radius 1 is 1.28 bits per heavy atom. The third kappa shape index (κ3) is 7.83. The molecule has 25 heavy (non-hydrogen) atoms. The smallest absolute Gasteiger partial charge is 0.191 e. The van der Waals surface area contributed by atoms with Crippen molar-refractivity contribution in [3.63, 3.8) is 0 Å². The molecule has 0 amide bonds. The molecule has 2 aromatic rings. The number of hydrogen-bond donors (Lipinski definition) is 2. The quantitative estimate of drug-likeness (QED) is 0.268. The van der Waals surface area contributed by atoms with Gasteiger partial charge in [-0.25, -0.2) is 4.98 Å². The van der Waals surface area contributed by atoms with Gasteiger partial charge in [-0.3, -0.25) is 4.99 Å². The molecule has 0 saturated heterocycles. The van der Waals surface area contributed by atoms with Crippen LogP contribution in [0.2, 0.25) is 0 Å². The van der Waals surface area contributed by atoms with Crippen LogP contribution in [0.15, 0.2) is 45.6 Å². The Labute approximate surface area is 175 Å². The van der Waals surface area contributed by atoms with E-state index in [1.807, 2.05) is 36.8 Å². The van der Waals surface area contributed by atoms with Gasteiger partial charge in [0.25, 0.3) is 0 Å². The third-order valence-electron chi connectivity index (χ3n) is 3.22. The zero-order chi connectivity index (χ0) is 17.4. The number of nitrogens with zero attached hydrogens (tertiary/aromatic N) is 3. The number of nitrogens with one attached hydrogen (secondary N) is 2. The first-order valence-electron chi connectivity index (χ1n) is 7.86. The van der Waals surface area contributed by atoms with E-state index in [4.69, 9.17) is 0 Å². The second kappa shape index (κ2) is 11.6.